The van der Waals surface area contributed by atoms with E-state index in [4.69, 9.17) is 0 Å². The van der Waals surface area contributed by atoms with Crippen LogP contribution in [-0.4, -0.2) is 32.1 Å². The number of esters is 1. The highest BCUT2D eigenvalue weighted by Gasteiger charge is 2.04. The van der Waals surface area contributed by atoms with Crippen molar-refractivity contribution >= 4 is 11.9 Å². The van der Waals surface area contributed by atoms with Gasteiger partial charge in [-0.2, -0.15) is 0 Å². The van der Waals surface area contributed by atoms with Crippen molar-refractivity contribution in [2.75, 3.05) is 20.2 Å². The maximum absolute atomic E-state index is 11.3. The fourth-order valence-corrected chi connectivity index (χ4v) is 1.52. The number of benzene rings is 1. The first-order valence-corrected chi connectivity index (χ1v) is 6.32. The van der Waals surface area contributed by atoms with Gasteiger partial charge in [0.2, 0.25) is 5.91 Å². The SMILES string of the molecule is CCCNC(=O)CNCc1ccc(C(=O)OC)cc1. The van der Waals surface area contributed by atoms with Gasteiger partial charge >= 0.3 is 5.97 Å². The molecule has 1 amide bonds. The molecule has 0 unspecified atom stereocenters. The van der Waals surface area contributed by atoms with Gasteiger partial charge in [0.25, 0.3) is 0 Å². The standard InChI is InChI=1S/C14H20N2O3/c1-3-8-16-13(17)10-15-9-11-4-6-12(7-5-11)14(18)19-2/h4-7,15H,3,8-10H2,1-2H3,(H,16,17). The van der Waals surface area contributed by atoms with E-state index in [0.717, 1.165) is 12.0 Å². The first kappa shape index (κ1) is 15.2. The maximum Gasteiger partial charge on any atom is 0.337 e. The van der Waals surface area contributed by atoms with Crippen molar-refractivity contribution in [2.45, 2.75) is 19.9 Å². The fourth-order valence-electron chi connectivity index (χ4n) is 1.52. The Bertz CT molecular complexity index is 415. The van der Waals surface area contributed by atoms with Gasteiger partial charge in [-0.15, -0.1) is 0 Å². The third-order valence-corrected chi connectivity index (χ3v) is 2.56. The van der Waals surface area contributed by atoms with Crippen LogP contribution in [0.5, 0.6) is 0 Å². The average molecular weight is 264 g/mol. The number of hydrogen-bond acceptors (Lipinski definition) is 4. The monoisotopic (exact) mass is 264 g/mol. The van der Waals surface area contributed by atoms with E-state index in [2.05, 4.69) is 15.4 Å². The van der Waals surface area contributed by atoms with E-state index < -0.39 is 0 Å². The summed E-state index contributed by atoms with van der Waals surface area (Å²) in [6.07, 6.45) is 0.931. The van der Waals surface area contributed by atoms with Crippen LogP contribution < -0.4 is 10.6 Å². The van der Waals surface area contributed by atoms with Gasteiger partial charge in [-0.05, 0) is 24.1 Å². The van der Waals surface area contributed by atoms with Crippen molar-refractivity contribution < 1.29 is 14.3 Å². The molecule has 19 heavy (non-hydrogen) atoms. The van der Waals surface area contributed by atoms with Gasteiger partial charge < -0.3 is 15.4 Å². The highest BCUT2D eigenvalue weighted by atomic mass is 16.5. The second kappa shape index (κ2) is 8.26. The van der Waals surface area contributed by atoms with E-state index in [1.807, 2.05) is 19.1 Å². The van der Waals surface area contributed by atoms with Crippen LogP contribution >= 0.6 is 0 Å². The summed E-state index contributed by atoms with van der Waals surface area (Å²) < 4.78 is 4.62. The first-order chi connectivity index (χ1) is 9.17. The number of ether oxygens (including phenoxy) is 1. The van der Waals surface area contributed by atoms with Crippen molar-refractivity contribution in [3.05, 3.63) is 35.4 Å². The number of rotatable bonds is 7. The zero-order chi connectivity index (χ0) is 14.1. The Morgan fingerprint density at radius 2 is 1.89 bits per heavy atom. The molecule has 2 N–H and O–H groups in total. The van der Waals surface area contributed by atoms with Crippen LogP contribution in [0.4, 0.5) is 0 Å². The van der Waals surface area contributed by atoms with Crippen LogP contribution in [0.2, 0.25) is 0 Å². The largest absolute Gasteiger partial charge is 0.465 e. The van der Waals surface area contributed by atoms with E-state index in [1.165, 1.54) is 7.11 Å². The van der Waals surface area contributed by atoms with Crippen LogP contribution in [0.15, 0.2) is 24.3 Å². The predicted octanol–water partition coefficient (Wildman–Crippen LogP) is 1.09. The Balaban J connectivity index is 2.34. The lowest BCUT2D eigenvalue weighted by Gasteiger charge is -2.06. The molecule has 0 radical (unpaired) electrons. The molecule has 5 heteroatoms. The Morgan fingerprint density at radius 3 is 2.47 bits per heavy atom. The summed E-state index contributed by atoms with van der Waals surface area (Å²) in [6.45, 7) is 3.59. The number of hydrogen-bond donors (Lipinski definition) is 2. The Morgan fingerprint density at radius 1 is 1.21 bits per heavy atom. The Labute approximate surface area is 113 Å². The molecule has 1 aromatic carbocycles. The summed E-state index contributed by atoms with van der Waals surface area (Å²) in [5.74, 6) is -0.355. The first-order valence-electron chi connectivity index (χ1n) is 6.32. The number of carbonyl (C=O) groups is 2. The Hall–Kier alpha value is -1.88. The van der Waals surface area contributed by atoms with Gasteiger partial charge in [0, 0.05) is 13.1 Å². The van der Waals surface area contributed by atoms with E-state index >= 15 is 0 Å². The van der Waals surface area contributed by atoms with Crippen LogP contribution in [0, 0.1) is 0 Å². The second-order valence-corrected chi connectivity index (χ2v) is 4.14. The zero-order valence-electron chi connectivity index (χ0n) is 11.4. The Kier molecular flexibility index (Phi) is 6.60. The van der Waals surface area contributed by atoms with Gasteiger partial charge in [-0.3, -0.25) is 4.79 Å². The summed E-state index contributed by atoms with van der Waals surface area (Å²) in [5.41, 5.74) is 1.53. The molecule has 0 bridgehead atoms. The predicted molar refractivity (Wildman–Crippen MR) is 72.8 cm³/mol. The number of amides is 1. The van der Waals surface area contributed by atoms with E-state index in [-0.39, 0.29) is 11.9 Å². The van der Waals surface area contributed by atoms with Gasteiger partial charge in [-0.1, -0.05) is 19.1 Å². The summed E-state index contributed by atoms with van der Waals surface area (Å²) in [6, 6.07) is 7.09. The highest BCUT2D eigenvalue weighted by Crippen LogP contribution is 2.05. The van der Waals surface area contributed by atoms with Crippen molar-refractivity contribution in [1.82, 2.24) is 10.6 Å². The highest BCUT2D eigenvalue weighted by molar-refractivity contribution is 5.89. The lowest BCUT2D eigenvalue weighted by molar-refractivity contribution is -0.120. The molecule has 1 aromatic rings. The van der Waals surface area contributed by atoms with Gasteiger partial charge in [0.15, 0.2) is 0 Å². The van der Waals surface area contributed by atoms with E-state index in [1.54, 1.807) is 12.1 Å². The zero-order valence-corrected chi connectivity index (χ0v) is 11.4. The van der Waals surface area contributed by atoms with Crippen molar-refractivity contribution in [2.24, 2.45) is 0 Å². The summed E-state index contributed by atoms with van der Waals surface area (Å²) >= 11 is 0. The number of carbonyl (C=O) groups excluding carboxylic acids is 2. The minimum Gasteiger partial charge on any atom is -0.465 e. The molecular formula is C14H20N2O3. The van der Waals surface area contributed by atoms with Crippen molar-refractivity contribution in [1.29, 1.82) is 0 Å². The lowest BCUT2D eigenvalue weighted by atomic mass is 10.1. The number of methoxy groups -OCH3 is 1. The van der Waals surface area contributed by atoms with Crippen LogP contribution in [0.3, 0.4) is 0 Å². The molecule has 0 aliphatic heterocycles. The minimum atomic E-state index is -0.349. The van der Waals surface area contributed by atoms with Gasteiger partial charge in [0.05, 0.1) is 19.2 Å². The summed E-state index contributed by atoms with van der Waals surface area (Å²) in [4.78, 5) is 22.6. The summed E-state index contributed by atoms with van der Waals surface area (Å²) in [7, 11) is 1.35. The van der Waals surface area contributed by atoms with Crippen molar-refractivity contribution in [3.63, 3.8) is 0 Å². The molecular weight excluding hydrogens is 244 g/mol. The summed E-state index contributed by atoms with van der Waals surface area (Å²) in [5, 5.41) is 5.83. The van der Waals surface area contributed by atoms with Crippen molar-refractivity contribution in [3.8, 4) is 0 Å². The van der Waals surface area contributed by atoms with Crippen LogP contribution in [0.25, 0.3) is 0 Å². The molecule has 104 valence electrons. The quantitative estimate of drug-likeness (QED) is 0.723. The minimum absolute atomic E-state index is 0.00645. The van der Waals surface area contributed by atoms with Gasteiger partial charge in [-0.25, -0.2) is 4.79 Å². The maximum atomic E-state index is 11.3. The molecule has 5 nitrogen and oxygen atoms in total. The third kappa shape index (κ3) is 5.52. The molecule has 0 aliphatic rings. The normalized spacial score (nSPS) is 10.0. The average Bonchev–Trinajstić information content (AvgIpc) is 2.45. The molecule has 0 atom stereocenters. The second-order valence-electron chi connectivity index (χ2n) is 4.14. The number of nitrogens with one attached hydrogen (secondary N) is 2. The lowest BCUT2D eigenvalue weighted by Crippen LogP contribution is -2.33. The van der Waals surface area contributed by atoms with Crippen LogP contribution in [0.1, 0.15) is 29.3 Å². The smallest absolute Gasteiger partial charge is 0.337 e. The topological polar surface area (TPSA) is 67.4 Å². The van der Waals surface area contributed by atoms with E-state index in [9.17, 15) is 9.59 Å². The molecule has 0 saturated carbocycles. The molecule has 0 saturated heterocycles. The fraction of sp³-hybridized carbons (Fsp3) is 0.429. The molecule has 1 rings (SSSR count). The molecule has 0 aliphatic carbocycles. The molecule has 0 spiro atoms. The molecule has 0 heterocycles. The molecule has 0 aromatic heterocycles. The van der Waals surface area contributed by atoms with Gasteiger partial charge in [0.1, 0.15) is 0 Å². The van der Waals surface area contributed by atoms with Crippen LogP contribution in [-0.2, 0) is 16.1 Å². The third-order valence-electron chi connectivity index (χ3n) is 2.56. The molecule has 0 fully saturated rings. The van der Waals surface area contributed by atoms with E-state index in [0.29, 0.717) is 25.2 Å².